The van der Waals surface area contributed by atoms with Crippen molar-refractivity contribution in [1.29, 1.82) is 0 Å². The summed E-state index contributed by atoms with van der Waals surface area (Å²) in [7, 11) is 1.69. The van der Waals surface area contributed by atoms with Crippen molar-refractivity contribution in [1.82, 2.24) is 24.3 Å². The normalized spacial score (nSPS) is 20.7. The van der Waals surface area contributed by atoms with Crippen molar-refractivity contribution in [3.8, 4) is 0 Å². The molecule has 3 aromatic rings. The maximum atomic E-state index is 13.2. The first-order chi connectivity index (χ1) is 14.6. The van der Waals surface area contributed by atoms with E-state index in [1.807, 2.05) is 16.7 Å². The van der Waals surface area contributed by atoms with Crippen LogP contribution in [0.5, 0.6) is 0 Å². The Morgan fingerprint density at radius 2 is 2.20 bits per heavy atom. The van der Waals surface area contributed by atoms with E-state index in [1.54, 1.807) is 38.0 Å². The zero-order chi connectivity index (χ0) is 20.7. The van der Waals surface area contributed by atoms with Crippen molar-refractivity contribution in [3.05, 3.63) is 76.1 Å². The number of carbonyl (C=O) groups excluding carboxylic acids is 1. The average molecular weight is 407 g/mol. The summed E-state index contributed by atoms with van der Waals surface area (Å²) in [6, 6.07) is 5.67. The van der Waals surface area contributed by atoms with Gasteiger partial charge in [0.1, 0.15) is 11.4 Å². The molecule has 0 saturated carbocycles. The van der Waals surface area contributed by atoms with Crippen LogP contribution in [0.1, 0.15) is 39.8 Å². The number of H-pyrrole nitrogens is 1. The number of furan rings is 1. The molecule has 0 aliphatic carbocycles. The van der Waals surface area contributed by atoms with Crippen LogP contribution < -0.4 is 5.56 Å². The smallest absolute Gasteiger partial charge is 0.263 e. The van der Waals surface area contributed by atoms with E-state index in [0.717, 1.165) is 31.7 Å². The van der Waals surface area contributed by atoms with Crippen LogP contribution in [0.25, 0.3) is 0 Å². The molecule has 0 spiro atoms. The predicted octanol–water partition coefficient (Wildman–Crippen LogP) is 2.06. The first-order valence-corrected chi connectivity index (χ1v) is 10.3. The van der Waals surface area contributed by atoms with Crippen LogP contribution in [0.4, 0.5) is 0 Å². The van der Waals surface area contributed by atoms with Crippen molar-refractivity contribution in [3.63, 3.8) is 0 Å². The first-order valence-electron chi connectivity index (χ1n) is 10.3. The summed E-state index contributed by atoms with van der Waals surface area (Å²) in [4.78, 5) is 37.2. The molecule has 8 nitrogen and oxygen atoms in total. The zero-order valence-electron chi connectivity index (χ0n) is 17.0. The summed E-state index contributed by atoms with van der Waals surface area (Å²) >= 11 is 0. The van der Waals surface area contributed by atoms with Gasteiger partial charge >= 0.3 is 0 Å². The molecule has 5 rings (SSSR count). The van der Waals surface area contributed by atoms with Crippen molar-refractivity contribution in [2.75, 3.05) is 20.1 Å². The van der Waals surface area contributed by atoms with Crippen molar-refractivity contribution in [2.24, 2.45) is 5.92 Å². The lowest BCUT2D eigenvalue weighted by molar-refractivity contribution is 0.0776. The second kappa shape index (κ2) is 7.60. The SMILES string of the molecule is CN(Cc1ncc[nH]1)C(=O)c1ccc2n(c1=O)C[C@H]1C[C@@H]2CN(Cc2ccoc2)C1. The van der Waals surface area contributed by atoms with Gasteiger partial charge in [-0.15, -0.1) is 0 Å². The van der Waals surface area contributed by atoms with Gasteiger partial charge < -0.3 is 18.9 Å². The van der Waals surface area contributed by atoms with Gasteiger partial charge in [0.15, 0.2) is 0 Å². The van der Waals surface area contributed by atoms with E-state index in [2.05, 4.69) is 14.9 Å². The monoisotopic (exact) mass is 407 g/mol. The number of imidazole rings is 1. The van der Waals surface area contributed by atoms with Crippen LogP contribution in [0.3, 0.4) is 0 Å². The molecule has 8 heteroatoms. The molecular weight excluding hydrogens is 382 g/mol. The Labute approximate surface area is 174 Å². The Kier molecular flexibility index (Phi) is 4.78. The molecule has 156 valence electrons. The second-order valence-corrected chi connectivity index (χ2v) is 8.41. The molecule has 0 aromatic carbocycles. The van der Waals surface area contributed by atoms with Gasteiger partial charge in [0, 0.05) is 62.8 Å². The number of aromatic amines is 1. The molecule has 2 aliphatic heterocycles. The number of amides is 1. The van der Waals surface area contributed by atoms with E-state index in [1.165, 1.54) is 10.5 Å². The van der Waals surface area contributed by atoms with Gasteiger partial charge in [-0.05, 0) is 30.5 Å². The minimum atomic E-state index is -0.274. The average Bonchev–Trinajstić information content (AvgIpc) is 3.42. The number of pyridine rings is 1. The maximum Gasteiger partial charge on any atom is 0.263 e. The van der Waals surface area contributed by atoms with Gasteiger partial charge in [-0.1, -0.05) is 0 Å². The van der Waals surface area contributed by atoms with Crippen LogP contribution in [0.2, 0.25) is 0 Å². The fraction of sp³-hybridized carbons (Fsp3) is 0.409. The van der Waals surface area contributed by atoms with E-state index in [4.69, 9.17) is 4.42 Å². The number of piperidine rings is 1. The van der Waals surface area contributed by atoms with Gasteiger partial charge in [-0.2, -0.15) is 0 Å². The summed E-state index contributed by atoms with van der Waals surface area (Å²) < 4.78 is 7.03. The lowest BCUT2D eigenvalue weighted by Crippen LogP contribution is -2.47. The predicted molar refractivity (Wildman–Crippen MR) is 110 cm³/mol. The molecule has 1 fully saturated rings. The number of likely N-dealkylation sites (tertiary alicyclic amines) is 1. The molecule has 0 unspecified atom stereocenters. The van der Waals surface area contributed by atoms with Crippen LogP contribution in [0.15, 0.2) is 52.3 Å². The number of nitrogens with one attached hydrogen (secondary N) is 1. The fourth-order valence-electron chi connectivity index (χ4n) is 4.86. The highest BCUT2D eigenvalue weighted by molar-refractivity contribution is 5.93. The standard InChI is InChI=1S/C22H25N5O3/c1-25(13-20-23-5-6-24-20)21(28)18-2-3-19-17-8-16(11-27(19)22(18)29)10-26(12-17)9-15-4-7-30-14-15/h2-7,14,16-17H,8-13H2,1H3,(H,23,24)/t16-,17+/m0/s1. The molecule has 1 amide bonds. The second-order valence-electron chi connectivity index (χ2n) is 8.41. The highest BCUT2D eigenvalue weighted by Crippen LogP contribution is 2.35. The summed E-state index contributed by atoms with van der Waals surface area (Å²) in [6.45, 7) is 3.72. The summed E-state index contributed by atoms with van der Waals surface area (Å²) in [5, 5.41) is 0. The number of aromatic nitrogens is 3. The number of hydrogen-bond donors (Lipinski definition) is 1. The number of hydrogen-bond acceptors (Lipinski definition) is 5. The van der Waals surface area contributed by atoms with Gasteiger partial charge in [0.05, 0.1) is 19.1 Å². The maximum absolute atomic E-state index is 13.2. The summed E-state index contributed by atoms with van der Waals surface area (Å²) in [6.07, 6.45) is 7.95. The Bertz CT molecular complexity index is 1090. The van der Waals surface area contributed by atoms with Crippen LogP contribution in [-0.4, -0.2) is 50.4 Å². The molecule has 1 saturated heterocycles. The molecule has 5 heterocycles. The quantitative estimate of drug-likeness (QED) is 0.700. The highest BCUT2D eigenvalue weighted by atomic mass is 16.3. The number of carbonyl (C=O) groups is 1. The third-order valence-corrected chi connectivity index (χ3v) is 6.19. The van der Waals surface area contributed by atoms with Gasteiger partial charge in [-0.25, -0.2) is 4.98 Å². The van der Waals surface area contributed by atoms with E-state index < -0.39 is 0 Å². The van der Waals surface area contributed by atoms with E-state index in [-0.39, 0.29) is 17.0 Å². The zero-order valence-corrected chi connectivity index (χ0v) is 17.0. The first kappa shape index (κ1) is 18.9. The number of rotatable bonds is 5. The van der Waals surface area contributed by atoms with Crippen LogP contribution >= 0.6 is 0 Å². The topological polar surface area (TPSA) is 87.4 Å². The highest BCUT2D eigenvalue weighted by Gasteiger charge is 2.35. The van der Waals surface area contributed by atoms with Gasteiger partial charge in [0.2, 0.25) is 0 Å². The van der Waals surface area contributed by atoms with Crippen LogP contribution in [0, 0.1) is 5.92 Å². The molecule has 1 N–H and O–H groups in total. The third-order valence-electron chi connectivity index (χ3n) is 6.19. The fourth-order valence-corrected chi connectivity index (χ4v) is 4.86. The van der Waals surface area contributed by atoms with Crippen molar-refractivity contribution >= 4 is 5.91 Å². The molecule has 2 aliphatic rings. The molecule has 2 atom stereocenters. The minimum Gasteiger partial charge on any atom is -0.472 e. The molecule has 3 aromatic heterocycles. The number of fused-ring (bicyclic) bond motifs is 4. The molecule has 0 radical (unpaired) electrons. The lowest BCUT2D eigenvalue weighted by atomic mass is 9.83. The minimum absolute atomic E-state index is 0.179. The third kappa shape index (κ3) is 3.47. The Hall–Kier alpha value is -3.13. The molecular formula is C22H25N5O3. The van der Waals surface area contributed by atoms with E-state index >= 15 is 0 Å². The summed E-state index contributed by atoms with van der Waals surface area (Å²) in [5.41, 5.74) is 2.26. The number of nitrogens with zero attached hydrogens (tertiary/aromatic N) is 4. The Balaban J connectivity index is 1.36. The van der Waals surface area contributed by atoms with Crippen molar-refractivity contribution in [2.45, 2.75) is 32.0 Å². The van der Waals surface area contributed by atoms with Gasteiger partial charge in [0.25, 0.3) is 11.5 Å². The van der Waals surface area contributed by atoms with E-state index in [0.29, 0.717) is 30.7 Å². The molecule has 2 bridgehead atoms. The Morgan fingerprint density at radius 1 is 1.30 bits per heavy atom. The van der Waals surface area contributed by atoms with Crippen LogP contribution in [-0.2, 0) is 19.6 Å². The van der Waals surface area contributed by atoms with E-state index in [9.17, 15) is 9.59 Å². The molecule has 30 heavy (non-hydrogen) atoms. The largest absolute Gasteiger partial charge is 0.472 e. The summed E-state index contributed by atoms with van der Waals surface area (Å²) in [5.74, 6) is 1.13. The van der Waals surface area contributed by atoms with Gasteiger partial charge in [-0.3, -0.25) is 14.5 Å². The van der Waals surface area contributed by atoms with Crippen molar-refractivity contribution < 1.29 is 9.21 Å². The Morgan fingerprint density at radius 3 is 2.97 bits per heavy atom. The lowest BCUT2D eigenvalue weighted by Gasteiger charge is -2.42.